The summed E-state index contributed by atoms with van der Waals surface area (Å²) in [7, 11) is 0. The summed E-state index contributed by atoms with van der Waals surface area (Å²) in [6, 6.07) is 17.0. The van der Waals surface area contributed by atoms with E-state index in [0.717, 1.165) is 10.2 Å². The van der Waals surface area contributed by atoms with Gasteiger partial charge in [-0.1, -0.05) is 41.3 Å². The summed E-state index contributed by atoms with van der Waals surface area (Å²) in [4.78, 5) is 21.1. The Morgan fingerprint density at radius 2 is 1.97 bits per heavy atom. The summed E-state index contributed by atoms with van der Waals surface area (Å²) in [5.41, 5.74) is 2.18. The molecular weight excluding hydrogens is 406 g/mol. The predicted molar refractivity (Wildman–Crippen MR) is 113 cm³/mol. The number of aromatic nitrogens is 6. The van der Waals surface area contributed by atoms with Crippen LogP contribution in [0, 0.1) is 0 Å². The van der Waals surface area contributed by atoms with Gasteiger partial charge in [0.05, 0.1) is 16.0 Å². The fraction of sp³-hybridized carbons (Fsp3) is 0.0526. The fourth-order valence-electron chi connectivity index (χ4n) is 2.72. The second kappa shape index (κ2) is 7.57. The number of amides is 1. The van der Waals surface area contributed by atoms with E-state index in [0.29, 0.717) is 27.3 Å². The highest BCUT2D eigenvalue weighted by molar-refractivity contribution is 7.99. The molecule has 0 radical (unpaired) electrons. The summed E-state index contributed by atoms with van der Waals surface area (Å²) < 4.78 is 2.67. The van der Waals surface area contributed by atoms with Crippen LogP contribution < -0.4 is 5.32 Å². The number of benzene rings is 1. The highest BCUT2D eigenvalue weighted by atomic mass is 32.2. The van der Waals surface area contributed by atoms with Crippen molar-refractivity contribution in [2.75, 3.05) is 11.1 Å². The lowest BCUT2D eigenvalue weighted by atomic mass is 10.3. The Labute approximate surface area is 173 Å². The molecule has 29 heavy (non-hydrogen) atoms. The zero-order chi connectivity index (χ0) is 19.6. The molecular formula is C19H13N7OS2. The largest absolute Gasteiger partial charge is 0.301 e. The van der Waals surface area contributed by atoms with E-state index in [1.165, 1.54) is 23.1 Å². The van der Waals surface area contributed by atoms with Crippen LogP contribution in [0.3, 0.4) is 0 Å². The van der Waals surface area contributed by atoms with E-state index in [1.54, 1.807) is 10.7 Å². The first kappa shape index (κ1) is 17.7. The third-order valence-corrected chi connectivity index (χ3v) is 5.90. The highest BCUT2D eigenvalue weighted by Crippen LogP contribution is 2.26. The van der Waals surface area contributed by atoms with E-state index >= 15 is 0 Å². The smallest absolute Gasteiger partial charge is 0.236 e. The van der Waals surface area contributed by atoms with Crippen LogP contribution in [0.1, 0.15) is 0 Å². The van der Waals surface area contributed by atoms with Crippen LogP contribution in [-0.2, 0) is 4.79 Å². The number of hydrogen-bond acceptors (Lipinski definition) is 8. The number of hydrogen-bond donors (Lipinski definition) is 1. The van der Waals surface area contributed by atoms with E-state index in [1.807, 2.05) is 54.6 Å². The van der Waals surface area contributed by atoms with Gasteiger partial charge in [-0.05, 0) is 36.4 Å². The van der Waals surface area contributed by atoms with Gasteiger partial charge in [-0.2, -0.15) is 9.61 Å². The van der Waals surface area contributed by atoms with E-state index < -0.39 is 0 Å². The van der Waals surface area contributed by atoms with Gasteiger partial charge in [-0.25, -0.2) is 4.98 Å². The summed E-state index contributed by atoms with van der Waals surface area (Å²) >= 11 is 2.79. The molecule has 0 aliphatic heterocycles. The van der Waals surface area contributed by atoms with Gasteiger partial charge >= 0.3 is 0 Å². The van der Waals surface area contributed by atoms with Crippen LogP contribution in [-0.4, -0.2) is 41.4 Å². The molecule has 0 saturated heterocycles. The minimum Gasteiger partial charge on any atom is -0.301 e. The lowest BCUT2D eigenvalue weighted by Crippen LogP contribution is -2.14. The van der Waals surface area contributed by atoms with Crippen molar-refractivity contribution in [3.63, 3.8) is 0 Å². The normalized spacial score (nSPS) is 11.2. The molecule has 0 bridgehead atoms. The first-order valence-electron chi connectivity index (χ1n) is 8.68. The molecule has 0 unspecified atom stereocenters. The number of thioether (sulfide) groups is 1. The molecule has 4 heterocycles. The number of pyridine rings is 1. The first-order valence-corrected chi connectivity index (χ1v) is 10.5. The maximum Gasteiger partial charge on any atom is 0.236 e. The molecule has 0 saturated carbocycles. The third-order valence-electron chi connectivity index (χ3n) is 4.02. The molecule has 0 aliphatic carbocycles. The third kappa shape index (κ3) is 3.67. The van der Waals surface area contributed by atoms with E-state index in [4.69, 9.17) is 0 Å². The second-order valence-electron chi connectivity index (χ2n) is 6.00. The minimum atomic E-state index is -0.135. The van der Waals surface area contributed by atoms with Crippen molar-refractivity contribution in [1.29, 1.82) is 0 Å². The maximum absolute atomic E-state index is 12.3. The van der Waals surface area contributed by atoms with E-state index in [2.05, 4.69) is 30.6 Å². The SMILES string of the molecule is O=C(CSc1ccc2nnc(-c3ccccn3)n2n1)Nc1nc2ccccc2s1. The van der Waals surface area contributed by atoms with Gasteiger partial charge in [-0.15, -0.1) is 10.2 Å². The monoisotopic (exact) mass is 419 g/mol. The van der Waals surface area contributed by atoms with Crippen LogP contribution in [0.4, 0.5) is 5.13 Å². The van der Waals surface area contributed by atoms with Crippen LogP contribution in [0.5, 0.6) is 0 Å². The molecule has 0 atom stereocenters. The standard InChI is InChI=1S/C19H13N7OS2/c27-16(22-19-21-12-5-1-2-7-14(12)29-19)11-28-17-9-8-15-23-24-18(26(15)25-17)13-6-3-4-10-20-13/h1-10H,11H2,(H,21,22,27). The number of rotatable bonds is 5. The Balaban J connectivity index is 1.30. The molecule has 8 nitrogen and oxygen atoms in total. The zero-order valence-corrected chi connectivity index (χ0v) is 16.5. The number of nitrogens with one attached hydrogen (secondary N) is 1. The van der Waals surface area contributed by atoms with Gasteiger partial charge in [0, 0.05) is 6.20 Å². The molecule has 5 rings (SSSR count). The lowest BCUT2D eigenvalue weighted by molar-refractivity contribution is -0.113. The van der Waals surface area contributed by atoms with Crippen molar-refractivity contribution in [3.8, 4) is 11.5 Å². The maximum atomic E-state index is 12.3. The Morgan fingerprint density at radius 3 is 2.83 bits per heavy atom. The van der Waals surface area contributed by atoms with Crippen molar-refractivity contribution < 1.29 is 4.79 Å². The van der Waals surface area contributed by atoms with Crippen molar-refractivity contribution >= 4 is 50.0 Å². The topological polar surface area (TPSA) is 98.0 Å². The molecule has 1 amide bonds. The number of carbonyl (C=O) groups excluding carboxylic acids is 1. The average molecular weight is 419 g/mol. The van der Waals surface area contributed by atoms with Gasteiger partial charge in [-0.3, -0.25) is 9.78 Å². The molecule has 5 aromatic rings. The van der Waals surface area contributed by atoms with Gasteiger partial charge in [0.25, 0.3) is 0 Å². The Hall–Kier alpha value is -3.37. The first-order chi connectivity index (χ1) is 14.3. The molecule has 142 valence electrons. The molecule has 1 N–H and O–H groups in total. The number of anilines is 1. The number of para-hydroxylation sites is 1. The quantitative estimate of drug-likeness (QED) is 0.435. The Kier molecular flexibility index (Phi) is 4.62. The summed E-state index contributed by atoms with van der Waals surface area (Å²) in [6.07, 6.45) is 1.70. The minimum absolute atomic E-state index is 0.135. The number of nitrogens with zero attached hydrogens (tertiary/aromatic N) is 6. The van der Waals surface area contributed by atoms with Crippen molar-refractivity contribution in [1.82, 2.24) is 29.8 Å². The van der Waals surface area contributed by atoms with Crippen LogP contribution in [0.2, 0.25) is 0 Å². The van der Waals surface area contributed by atoms with Crippen molar-refractivity contribution in [3.05, 3.63) is 60.8 Å². The molecule has 4 aromatic heterocycles. The van der Waals surface area contributed by atoms with Crippen LogP contribution >= 0.6 is 23.1 Å². The predicted octanol–water partition coefficient (Wildman–Crippen LogP) is 3.53. The van der Waals surface area contributed by atoms with E-state index in [-0.39, 0.29) is 11.7 Å². The second-order valence-corrected chi connectivity index (χ2v) is 8.03. The highest BCUT2D eigenvalue weighted by Gasteiger charge is 2.12. The van der Waals surface area contributed by atoms with E-state index in [9.17, 15) is 4.79 Å². The van der Waals surface area contributed by atoms with Crippen LogP contribution in [0.25, 0.3) is 27.4 Å². The summed E-state index contributed by atoms with van der Waals surface area (Å²) in [5, 5.41) is 17.0. The van der Waals surface area contributed by atoms with Crippen LogP contribution in [0.15, 0.2) is 65.8 Å². The number of fused-ring (bicyclic) bond motifs is 2. The molecule has 1 aromatic carbocycles. The van der Waals surface area contributed by atoms with Gasteiger partial charge < -0.3 is 5.32 Å². The fourth-order valence-corrected chi connectivity index (χ4v) is 4.26. The molecule has 0 aliphatic rings. The summed E-state index contributed by atoms with van der Waals surface area (Å²) in [5.74, 6) is 0.641. The van der Waals surface area contributed by atoms with Gasteiger partial charge in [0.1, 0.15) is 10.7 Å². The lowest BCUT2D eigenvalue weighted by Gasteiger charge is -2.03. The van der Waals surface area contributed by atoms with Gasteiger partial charge in [0.2, 0.25) is 11.7 Å². The molecule has 0 spiro atoms. The van der Waals surface area contributed by atoms with Crippen molar-refractivity contribution in [2.24, 2.45) is 0 Å². The Bertz CT molecular complexity index is 1280. The number of carbonyl (C=O) groups is 1. The average Bonchev–Trinajstić information content (AvgIpc) is 3.36. The van der Waals surface area contributed by atoms with Gasteiger partial charge in [0.15, 0.2) is 10.8 Å². The summed E-state index contributed by atoms with van der Waals surface area (Å²) in [6.45, 7) is 0. The number of thiazole rings is 1. The Morgan fingerprint density at radius 1 is 1.07 bits per heavy atom. The van der Waals surface area contributed by atoms with Crippen molar-refractivity contribution in [2.45, 2.75) is 5.03 Å². The zero-order valence-electron chi connectivity index (χ0n) is 14.9. The molecule has 10 heteroatoms. The molecule has 0 fully saturated rings.